The van der Waals surface area contributed by atoms with E-state index in [0.29, 0.717) is 13.0 Å². The third-order valence-corrected chi connectivity index (χ3v) is 4.05. The highest BCUT2D eigenvalue weighted by molar-refractivity contribution is 5.89. The summed E-state index contributed by atoms with van der Waals surface area (Å²) in [6.45, 7) is 2.52. The van der Waals surface area contributed by atoms with Crippen LogP contribution in [0.1, 0.15) is 24.8 Å². The van der Waals surface area contributed by atoms with Gasteiger partial charge in [0.1, 0.15) is 6.04 Å². The molecule has 1 aliphatic rings. The number of carbonyl (C=O) groups excluding carboxylic acids is 2. The molecule has 6 nitrogen and oxygen atoms in total. The molecule has 0 radical (unpaired) electrons. The van der Waals surface area contributed by atoms with E-state index >= 15 is 0 Å². The fraction of sp³-hybridized carbons (Fsp3) is 0.375. The molecule has 2 heterocycles. The number of rotatable bonds is 4. The van der Waals surface area contributed by atoms with E-state index in [-0.39, 0.29) is 17.7 Å². The van der Waals surface area contributed by atoms with Crippen LogP contribution in [-0.2, 0) is 9.59 Å². The van der Waals surface area contributed by atoms with Gasteiger partial charge in [-0.15, -0.1) is 0 Å². The molecule has 116 valence electrons. The van der Waals surface area contributed by atoms with Gasteiger partial charge in [-0.3, -0.25) is 15.0 Å². The Morgan fingerprint density at radius 2 is 2.23 bits per heavy atom. The smallest absolute Gasteiger partial charge is 0.258 e. The molecule has 0 spiro atoms. The van der Waals surface area contributed by atoms with Crippen molar-refractivity contribution < 1.29 is 9.59 Å². The van der Waals surface area contributed by atoms with E-state index < -0.39 is 6.04 Å². The van der Waals surface area contributed by atoms with Gasteiger partial charge in [0.15, 0.2) is 0 Å². The number of likely N-dealkylation sites (N-methyl/N-ethyl adjacent to an activating group) is 1. The first-order chi connectivity index (χ1) is 10.5. The minimum absolute atomic E-state index is 0.0818. The molecule has 2 aromatic rings. The van der Waals surface area contributed by atoms with Gasteiger partial charge in [0.25, 0.3) is 5.91 Å². The van der Waals surface area contributed by atoms with E-state index in [1.165, 1.54) is 0 Å². The molecule has 3 N–H and O–H groups in total. The molecule has 1 saturated heterocycles. The molecule has 2 atom stereocenters. The van der Waals surface area contributed by atoms with E-state index in [4.69, 9.17) is 0 Å². The molecular formula is C16H20N4O2. The van der Waals surface area contributed by atoms with Crippen molar-refractivity contribution in [1.82, 2.24) is 20.7 Å². The first-order valence-electron chi connectivity index (χ1n) is 7.41. The van der Waals surface area contributed by atoms with E-state index in [0.717, 1.165) is 16.5 Å². The quantitative estimate of drug-likeness (QED) is 0.792. The summed E-state index contributed by atoms with van der Waals surface area (Å²) in [4.78, 5) is 27.0. The Kier molecular flexibility index (Phi) is 3.85. The SMILES string of the molecule is CC(CC(=O)NC1CN(C)NC1=O)c1c[nH]c2ccccc12. The van der Waals surface area contributed by atoms with Crippen molar-refractivity contribution in [3.05, 3.63) is 36.0 Å². The van der Waals surface area contributed by atoms with Gasteiger partial charge in [0.05, 0.1) is 0 Å². The van der Waals surface area contributed by atoms with Gasteiger partial charge in [-0.1, -0.05) is 25.1 Å². The highest BCUT2D eigenvalue weighted by Gasteiger charge is 2.29. The number of aromatic amines is 1. The zero-order valence-electron chi connectivity index (χ0n) is 12.7. The van der Waals surface area contributed by atoms with Crippen molar-refractivity contribution in [1.29, 1.82) is 0 Å². The molecule has 1 fully saturated rings. The van der Waals surface area contributed by atoms with Crippen LogP contribution >= 0.6 is 0 Å². The lowest BCUT2D eigenvalue weighted by molar-refractivity contribution is -0.127. The van der Waals surface area contributed by atoms with Crippen LogP contribution in [-0.4, -0.2) is 41.4 Å². The van der Waals surface area contributed by atoms with Crippen molar-refractivity contribution in [2.45, 2.75) is 25.3 Å². The molecule has 1 aromatic heterocycles. The van der Waals surface area contributed by atoms with Gasteiger partial charge in [-0.2, -0.15) is 0 Å². The number of hydrogen-bond donors (Lipinski definition) is 3. The zero-order valence-corrected chi connectivity index (χ0v) is 12.7. The summed E-state index contributed by atoms with van der Waals surface area (Å²) in [6, 6.07) is 7.58. The minimum Gasteiger partial charge on any atom is -0.361 e. The fourth-order valence-corrected chi connectivity index (χ4v) is 2.92. The predicted octanol–water partition coefficient (Wildman–Crippen LogP) is 1.12. The van der Waals surface area contributed by atoms with Crippen LogP contribution < -0.4 is 10.7 Å². The normalized spacial score (nSPS) is 20.1. The standard InChI is InChI=1S/C16H20N4O2/c1-10(12-8-17-13-6-4-3-5-11(12)13)7-15(21)18-14-9-20(2)19-16(14)22/h3-6,8,10,14,17H,7,9H2,1-2H3,(H,18,21)(H,19,22). The first kappa shape index (κ1) is 14.6. The van der Waals surface area contributed by atoms with Crippen LogP contribution in [0.5, 0.6) is 0 Å². The number of nitrogens with zero attached hydrogens (tertiary/aromatic N) is 1. The van der Waals surface area contributed by atoms with Gasteiger partial charge >= 0.3 is 0 Å². The Labute approximate surface area is 128 Å². The zero-order chi connectivity index (χ0) is 15.7. The molecular weight excluding hydrogens is 280 g/mol. The lowest BCUT2D eigenvalue weighted by Gasteiger charge is -2.13. The largest absolute Gasteiger partial charge is 0.361 e. The summed E-state index contributed by atoms with van der Waals surface area (Å²) < 4.78 is 0. The maximum Gasteiger partial charge on any atom is 0.258 e. The highest BCUT2D eigenvalue weighted by Crippen LogP contribution is 2.27. The third kappa shape index (κ3) is 2.82. The monoisotopic (exact) mass is 300 g/mol. The summed E-state index contributed by atoms with van der Waals surface area (Å²) >= 11 is 0. The topological polar surface area (TPSA) is 77.2 Å². The number of aromatic nitrogens is 1. The van der Waals surface area contributed by atoms with Crippen LogP contribution in [0.2, 0.25) is 0 Å². The third-order valence-electron chi connectivity index (χ3n) is 4.05. The summed E-state index contributed by atoms with van der Waals surface area (Å²) in [5.41, 5.74) is 4.85. The number of carbonyl (C=O) groups is 2. The van der Waals surface area contributed by atoms with Gasteiger partial charge in [-0.25, -0.2) is 5.01 Å². The fourth-order valence-electron chi connectivity index (χ4n) is 2.92. The number of nitrogens with one attached hydrogen (secondary N) is 3. The maximum absolute atomic E-state index is 12.2. The second-order valence-electron chi connectivity index (χ2n) is 5.87. The van der Waals surface area contributed by atoms with Crippen LogP contribution in [0, 0.1) is 0 Å². The minimum atomic E-state index is -0.465. The summed E-state index contributed by atoms with van der Waals surface area (Å²) in [5, 5.41) is 5.61. The molecule has 0 aliphatic carbocycles. The lowest BCUT2D eigenvalue weighted by Crippen LogP contribution is -2.41. The van der Waals surface area contributed by atoms with Gasteiger partial charge in [-0.05, 0) is 17.5 Å². The lowest BCUT2D eigenvalue weighted by atomic mass is 9.97. The molecule has 2 unspecified atom stereocenters. The number of H-pyrrole nitrogens is 1. The maximum atomic E-state index is 12.2. The van der Waals surface area contributed by atoms with Crippen molar-refractivity contribution in [2.75, 3.05) is 13.6 Å². The number of hydrogen-bond acceptors (Lipinski definition) is 3. The van der Waals surface area contributed by atoms with Crippen LogP contribution in [0.3, 0.4) is 0 Å². The number of amides is 2. The Balaban J connectivity index is 1.65. The summed E-state index contributed by atoms with van der Waals surface area (Å²) in [6.07, 6.45) is 2.31. The highest BCUT2D eigenvalue weighted by atomic mass is 16.2. The van der Waals surface area contributed by atoms with Crippen LogP contribution in [0.25, 0.3) is 10.9 Å². The van der Waals surface area contributed by atoms with Crippen LogP contribution in [0.4, 0.5) is 0 Å². The number of hydrazine groups is 1. The Morgan fingerprint density at radius 1 is 1.45 bits per heavy atom. The van der Waals surface area contributed by atoms with Crippen molar-refractivity contribution in [3.8, 4) is 0 Å². The Morgan fingerprint density at radius 3 is 2.95 bits per heavy atom. The molecule has 2 amide bonds. The Bertz CT molecular complexity index is 709. The van der Waals surface area contributed by atoms with E-state index in [1.54, 1.807) is 12.1 Å². The van der Waals surface area contributed by atoms with Crippen molar-refractivity contribution in [3.63, 3.8) is 0 Å². The average molecular weight is 300 g/mol. The van der Waals surface area contributed by atoms with E-state index in [2.05, 4.69) is 21.8 Å². The number of benzene rings is 1. The van der Waals surface area contributed by atoms with Crippen molar-refractivity contribution >= 4 is 22.7 Å². The molecule has 1 aliphatic heterocycles. The van der Waals surface area contributed by atoms with E-state index in [9.17, 15) is 9.59 Å². The molecule has 6 heteroatoms. The second kappa shape index (κ2) is 5.81. The Hall–Kier alpha value is -2.34. The summed E-state index contributed by atoms with van der Waals surface area (Å²) in [7, 11) is 1.78. The summed E-state index contributed by atoms with van der Waals surface area (Å²) in [5.74, 6) is -0.179. The predicted molar refractivity (Wildman–Crippen MR) is 84.0 cm³/mol. The number of para-hydroxylation sites is 1. The van der Waals surface area contributed by atoms with Gasteiger partial charge in [0.2, 0.25) is 5.91 Å². The van der Waals surface area contributed by atoms with Crippen molar-refractivity contribution in [2.24, 2.45) is 0 Å². The molecule has 22 heavy (non-hydrogen) atoms. The van der Waals surface area contributed by atoms with Gasteiger partial charge in [0, 0.05) is 37.1 Å². The van der Waals surface area contributed by atoms with Gasteiger partial charge < -0.3 is 10.3 Å². The van der Waals surface area contributed by atoms with E-state index in [1.807, 2.05) is 31.3 Å². The second-order valence-corrected chi connectivity index (χ2v) is 5.87. The molecule has 3 rings (SSSR count). The molecule has 0 bridgehead atoms. The first-order valence-corrected chi connectivity index (χ1v) is 7.41. The average Bonchev–Trinajstić information content (AvgIpc) is 3.02. The molecule has 1 aromatic carbocycles. The van der Waals surface area contributed by atoms with Crippen LogP contribution in [0.15, 0.2) is 30.5 Å². The number of fused-ring (bicyclic) bond motifs is 1. The molecule has 0 saturated carbocycles.